The van der Waals surface area contributed by atoms with Crippen LogP contribution in [0.3, 0.4) is 0 Å². The van der Waals surface area contributed by atoms with E-state index in [9.17, 15) is 0 Å². The Bertz CT molecular complexity index is 4490. The lowest BCUT2D eigenvalue weighted by Gasteiger charge is -2.24. The molecule has 0 amide bonds. The summed E-state index contributed by atoms with van der Waals surface area (Å²) in [7, 11) is 0. The van der Waals surface area contributed by atoms with Gasteiger partial charge < -0.3 is 18.9 Å². The Kier molecular flexibility index (Phi) is 7.91. The average molecular weight is 888 g/mol. The summed E-state index contributed by atoms with van der Waals surface area (Å²) in [5.41, 5.74) is 11.1. The number of furan rings is 1. The molecule has 318 valence electrons. The van der Waals surface area contributed by atoms with Crippen molar-refractivity contribution in [3.63, 3.8) is 0 Å². The standard InChI is InChI=1S/C61H37N5OS/c1-2-16-41(17-3-1)65-50-22-10-6-18-42(50)44-28-26-39(34-52(44)65)60-62-59(38-27-29-57-48(31-38)46-21-9-13-25-56(46)68-57)63-61(64-60)40-32-49-45-20-8-12-24-55(45)67-58(49)54(35-40)66-51-23-11-7-19-43(51)47-30-36-14-4-5-15-37(36)33-53(47)66/h1-35,60H,(H,62,63,64). The van der Waals surface area contributed by atoms with E-state index in [1.54, 1.807) is 0 Å². The quantitative estimate of drug-likeness (QED) is 0.187. The van der Waals surface area contributed by atoms with E-state index >= 15 is 0 Å². The fourth-order valence-corrected chi connectivity index (χ4v) is 11.9. The van der Waals surface area contributed by atoms with Gasteiger partial charge in [-0.3, -0.25) is 0 Å². The first-order valence-corrected chi connectivity index (χ1v) is 23.8. The molecule has 1 unspecified atom stereocenters. The van der Waals surface area contributed by atoms with Crippen LogP contribution >= 0.6 is 11.3 Å². The predicted octanol–water partition coefficient (Wildman–Crippen LogP) is 15.8. The zero-order chi connectivity index (χ0) is 44.5. The van der Waals surface area contributed by atoms with Gasteiger partial charge in [-0.15, -0.1) is 11.3 Å². The van der Waals surface area contributed by atoms with E-state index in [-0.39, 0.29) is 0 Å². The number of nitrogens with one attached hydrogen (secondary N) is 1. The third-order valence-corrected chi connectivity index (χ3v) is 15.1. The van der Waals surface area contributed by atoms with Crippen LogP contribution in [0.25, 0.3) is 108 Å². The largest absolute Gasteiger partial charge is 0.454 e. The van der Waals surface area contributed by atoms with E-state index in [0.717, 1.165) is 77.9 Å². The Hall–Kier alpha value is -8.78. The van der Waals surface area contributed by atoms with E-state index in [1.165, 1.54) is 52.5 Å². The van der Waals surface area contributed by atoms with Gasteiger partial charge in [0.2, 0.25) is 0 Å². The normalized spacial score (nSPS) is 14.3. The first-order chi connectivity index (χ1) is 33.7. The zero-order valence-corrected chi connectivity index (χ0v) is 37.2. The molecule has 10 aromatic carbocycles. The van der Waals surface area contributed by atoms with Crippen LogP contribution in [0.15, 0.2) is 227 Å². The molecule has 0 saturated carbocycles. The van der Waals surface area contributed by atoms with E-state index in [1.807, 2.05) is 17.4 Å². The summed E-state index contributed by atoms with van der Waals surface area (Å²) < 4.78 is 14.1. The zero-order valence-electron chi connectivity index (χ0n) is 36.4. The number of nitrogens with zero attached hydrogens (tertiary/aromatic N) is 4. The van der Waals surface area contributed by atoms with Gasteiger partial charge >= 0.3 is 0 Å². The number of thiophene rings is 1. The van der Waals surface area contributed by atoms with Gasteiger partial charge in [-0.05, 0) is 101 Å². The highest BCUT2D eigenvalue weighted by atomic mass is 32.1. The molecule has 4 aromatic heterocycles. The summed E-state index contributed by atoms with van der Waals surface area (Å²) in [6.07, 6.45) is -0.459. The fourth-order valence-electron chi connectivity index (χ4n) is 10.8. The second-order valence-electron chi connectivity index (χ2n) is 17.8. The number of fused-ring (bicyclic) bond motifs is 13. The number of amidine groups is 2. The van der Waals surface area contributed by atoms with Gasteiger partial charge in [-0.2, -0.15) is 0 Å². The second-order valence-corrected chi connectivity index (χ2v) is 18.9. The van der Waals surface area contributed by atoms with Crippen LogP contribution in [0, 0.1) is 0 Å². The van der Waals surface area contributed by atoms with Crippen molar-refractivity contribution in [2.75, 3.05) is 0 Å². The van der Waals surface area contributed by atoms with Crippen molar-refractivity contribution in [1.29, 1.82) is 0 Å². The molecule has 5 heterocycles. The fraction of sp³-hybridized carbons (Fsp3) is 0.0164. The Balaban J connectivity index is 0.993. The molecule has 1 aliphatic heterocycles. The summed E-state index contributed by atoms with van der Waals surface area (Å²) in [5.74, 6) is 1.41. The first-order valence-electron chi connectivity index (χ1n) is 23.0. The van der Waals surface area contributed by atoms with Crippen LogP contribution < -0.4 is 5.32 Å². The van der Waals surface area contributed by atoms with Crippen molar-refractivity contribution in [2.24, 2.45) is 9.98 Å². The summed E-state index contributed by atoms with van der Waals surface area (Å²) in [6.45, 7) is 0. The molecular formula is C61H37N5OS. The first kappa shape index (κ1) is 37.4. The minimum atomic E-state index is -0.459. The van der Waals surface area contributed by atoms with Crippen LogP contribution in [0.2, 0.25) is 0 Å². The van der Waals surface area contributed by atoms with E-state index in [0.29, 0.717) is 5.84 Å². The van der Waals surface area contributed by atoms with Crippen LogP contribution in [0.1, 0.15) is 22.9 Å². The highest BCUT2D eigenvalue weighted by Crippen LogP contribution is 2.42. The number of para-hydroxylation sites is 4. The average Bonchev–Trinajstić information content (AvgIpc) is 4.15. The molecule has 0 spiro atoms. The van der Waals surface area contributed by atoms with Crippen molar-refractivity contribution in [3.8, 4) is 11.4 Å². The maximum absolute atomic E-state index is 6.89. The molecule has 14 aromatic rings. The summed E-state index contributed by atoms with van der Waals surface area (Å²) in [6, 6.07) is 76.2. The molecule has 0 bridgehead atoms. The Morgan fingerprint density at radius 3 is 1.94 bits per heavy atom. The lowest BCUT2D eigenvalue weighted by molar-refractivity contribution is 0.666. The van der Waals surface area contributed by atoms with Crippen molar-refractivity contribution in [1.82, 2.24) is 14.5 Å². The monoisotopic (exact) mass is 887 g/mol. The molecule has 0 saturated heterocycles. The molecule has 0 radical (unpaired) electrons. The van der Waals surface area contributed by atoms with Gasteiger partial charge in [0.1, 0.15) is 17.6 Å². The minimum absolute atomic E-state index is 0.459. The molecule has 0 fully saturated rings. The molecule has 6 nitrogen and oxygen atoms in total. The van der Waals surface area contributed by atoms with Crippen LogP contribution in [-0.2, 0) is 0 Å². The number of hydrogen-bond donors (Lipinski definition) is 1. The van der Waals surface area contributed by atoms with Crippen LogP contribution in [0.4, 0.5) is 0 Å². The van der Waals surface area contributed by atoms with Crippen molar-refractivity contribution in [3.05, 3.63) is 229 Å². The van der Waals surface area contributed by atoms with Crippen molar-refractivity contribution < 1.29 is 4.42 Å². The molecule has 1 atom stereocenters. The van der Waals surface area contributed by atoms with Crippen LogP contribution in [-0.4, -0.2) is 20.8 Å². The highest BCUT2D eigenvalue weighted by molar-refractivity contribution is 7.25. The van der Waals surface area contributed by atoms with Gasteiger partial charge in [-0.1, -0.05) is 127 Å². The van der Waals surface area contributed by atoms with Crippen molar-refractivity contribution >= 4 is 120 Å². The van der Waals surface area contributed by atoms with Gasteiger partial charge in [0, 0.05) is 69.3 Å². The molecule has 15 rings (SSSR count). The second kappa shape index (κ2) is 14.4. The maximum Gasteiger partial charge on any atom is 0.159 e. The van der Waals surface area contributed by atoms with Gasteiger partial charge in [0.25, 0.3) is 0 Å². The third kappa shape index (κ3) is 5.57. The van der Waals surface area contributed by atoms with Gasteiger partial charge in [0.05, 0.1) is 27.8 Å². The van der Waals surface area contributed by atoms with Crippen LogP contribution in [0.5, 0.6) is 0 Å². The predicted molar refractivity (Wildman–Crippen MR) is 285 cm³/mol. The Morgan fingerprint density at radius 1 is 0.441 bits per heavy atom. The van der Waals surface area contributed by atoms with E-state index in [2.05, 4.69) is 221 Å². The number of hydrogen-bond acceptors (Lipinski definition) is 5. The topological polar surface area (TPSA) is 59.8 Å². The summed E-state index contributed by atoms with van der Waals surface area (Å²) >= 11 is 1.82. The number of rotatable bonds is 5. The number of aromatic nitrogens is 2. The third-order valence-electron chi connectivity index (χ3n) is 13.9. The lowest BCUT2D eigenvalue weighted by atomic mass is 10.0. The highest BCUT2D eigenvalue weighted by Gasteiger charge is 2.26. The molecule has 0 aliphatic carbocycles. The van der Waals surface area contributed by atoms with E-state index in [4.69, 9.17) is 14.4 Å². The molecule has 1 aliphatic rings. The van der Waals surface area contributed by atoms with Gasteiger partial charge in [-0.25, -0.2) is 9.98 Å². The molecule has 7 heteroatoms. The Labute approximate surface area is 392 Å². The molecular weight excluding hydrogens is 851 g/mol. The summed E-state index contributed by atoms with van der Waals surface area (Å²) in [5, 5.41) is 15.5. The number of aliphatic imine (C=N–C) groups is 2. The molecule has 68 heavy (non-hydrogen) atoms. The number of benzene rings is 10. The van der Waals surface area contributed by atoms with Gasteiger partial charge in [0.15, 0.2) is 11.4 Å². The lowest BCUT2D eigenvalue weighted by Crippen LogP contribution is -2.33. The minimum Gasteiger partial charge on any atom is -0.454 e. The molecule has 1 N–H and O–H groups in total. The Morgan fingerprint density at radius 2 is 1.09 bits per heavy atom. The van der Waals surface area contributed by atoms with Crippen molar-refractivity contribution in [2.45, 2.75) is 6.17 Å². The smallest absolute Gasteiger partial charge is 0.159 e. The summed E-state index contributed by atoms with van der Waals surface area (Å²) in [4.78, 5) is 11.1. The SMILES string of the molecule is c1ccc(-n2c3ccccc3c3ccc(C4N=C(c5cc(-n6c7ccccc7c7cc8ccccc8cc76)c6oc7ccccc7c6c5)N=C(c5ccc6sc7ccccc7c6c5)N4)cc32)cc1. The van der Waals surface area contributed by atoms with E-state index < -0.39 is 6.17 Å². The maximum atomic E-state index is 6.89.